The van der Waals surface area contributed by atoms with Crippen molar-refractivity contribution >= 4 is 11.9 Å². The fourth-order valence-corrected chi connectivity index (χ4v) is 1.96. The van der Waals surface area contributed by atoms with Crippen molar-refractivity contribution in [2.75, 3.05) is 7.11 Å². The largest absolute Gasteiger partial charge is 0.469 e. The molecule has 0 fully saturated rings. The van der Waals surface area contributed by atoms with Gasteiger partial charge in [0.05, 0.1) is 13.5 Å². The van der Waals surface area contributed by atoms with Crippen LogP contribution in [-0.2, 0) is 20.9 Å². The van der Waals surface area contributed by atoms with Crippen molar-refractivity contribution < 1.29 is 14.3 Å². The Morgan fingerprint density at radius 2 is 2.00 bits per heavy atom. The minimum Gasteiger partial charge on any atom is -0.469 e. The van der Waals surface area contributed by atoms with Gasteiger partial charge in [-0.3, -0.25) is 9.59 Å². The number of hydrogen-bond acceptors (Lipinski definition) is 6. The SMILES string of the molecule is COC(=O)CC(C)NC(=O)Cn1nnc(-c2ccc(C)cc2)n1. The number of amides is 1. The zero-order valence-corrected chi connectivity index (χ0v) is 13.3. The van der Waals surface area contributed by atoms with E-state index in [1.165, 1.54) is 11.9 Å². The van der Waals surface area contributed by atoms with Crippen LogP contribution >= 0.6 is 0 Å². The molecule has 0 spiro atoms. The number of tetrazole rings is 1. The third-order valence-electron chi connectivity index (χ3n) is 3.16. The lowest BCUT2D eigenvalue weighted by molar-refractivity contribution is -0.141. The molecule has 8 heteroatoms. The van der Waals surface area contributed by atoms with Crippen LogP contribution < -0.4 is 5.32 Å². The van der Waals surface area contributed by atoms with E-state index in [0.717, 1.165) is 11.1 Å². The van der Waals surface area contributed by atoms with Crippen molar-refractivity contribution in [3.05, 3.63) is 29.8 Å². The molecule has 2 aromatic rings. The minimum absolute atomic E-state index is 0.0651. The van der Waals surface area contributed by atoms with Gasteiger partial charge in [0.1, 0.15) is 6.54 Å². The van der Waals surface area contributed by atoms with Gasteiger partial charge in [-0.15, -0.1) is 10.2 Å². The second-order valence-electron chi connectivity index (χ2n) is 5.26. The Kier molecular flexibility index (Phi) is 5.40. The molecule has 0 saturated heterocycles. The number of aryl methyl sites for hydroxylation is 1. The Hall–Kier alpha value is -2.77. The number of benzene rings is 1. The molecule has 0 aliphatic carbocycles. The summed E-state index contributed by atoms with van der Waals surface area (Å²) in [5.41, 5.74) is 1.97. The second-order valence-corrected chi connectivity index (χ2v) is 5.26. The Balaban J connectivity index is 1.92. The van der Waals surface area contributed by atoms with Crippen LogP contribution in [0.5, 0.6) is 0 Å². The molecular formula is C15H19N5O3. The standard InChI is InChI=1S/C15H19N5O3/c1-10-4-6-12(7-5-10)15-17-19-20(18-15)9-13(21)16-11(2)8-14(22)23-3/h4-7,11H,8-9H2,1-3H3,(H,16,21). The van der Waals surface area contributed by atoms with Gasteiger partial charge in [0, 0.05) is 11.6 Å². The van der Waals surface area contributed by atoms with Gasteiger partial charge in [0.2, 0.25) is 11.7 Å². The van der Waals surface area contributed by atoms with Crippen LogP contribution in [0.2, 0.25) is 0 Å². The molecule has 1 heterocycles. The highest BCUT2D eigenvalue weighted by Gasteiger charge is 2.14. The van der Waals surface area contributed by atoms with Gasteiger partial charge in [-0.25, -0.2) is 0 Å². The van der Waals surface area contributed by atoms with E-state index < -0.39 is 0 Å². The molecule has 1 amide bonds. The lowest BCUT2D eigenvalue weighted by Gasteiger charge is -2.11. The van der Waals surface area contributed by atoms with E-state index in [1.807, 2.05) is 31.2 Å². The van der Waals surface area contributed by atoms with Gasteiger partial charge in [0.25, 0.3) is 0 Å². The molecule has 122 valence electrons. The third-order valence-corrected chi connectivity index (χ3v) is 3.16. The van der Waals surface area contributed by atoms with Gasteiger partial charge in [-0.1, -0.05) is 29.8 Å². The number of methoxy groups -OCH3 is 1. The number of rotatable bonds is 6. The Labute approximate surface area is 133 Å². The Morgan fingerprint density at radius 1 is 1.30 bits per heavy atom. The van der Waals surface area contributed by atoms with Crippen molar-refractivity contribution in [1.29, 1.82) is 0 Å². The molecule has 1 unspecified atom stereocenters. The molecule has 1 N–H and O–H groups in total. The monoisotopic (exact) mass is 317 g/mol. The highest BCUT2D eigenvalue weighted by Crippen LogP contribution is 2.13. The molecule has 0 aliphatic heterocycles. The van der Waals surface area contributed by atoms with E-state index in [9.17, 15) is 9.59 Å². The quantitative estimate of drug-likeness (QED) is 0.788. The van der Waals surface area contributed by atoms with Crippen LogP contribution in [-0.4, -0.2) is 45.2 Å². The average Bonchev–Trinajstić information content (AvgIpc) is 2.95. The van der Waals surface area contributed by atoms with Crippen LogP contribution in [0.3, 0.4) is 0 Å². The number of aromatic nitrogens is 4. The lowest BCUT2D eigenvalue weighted by Crippen LogP contribution is -2.37. The van der Waals surface area contributed by atoms with E-state index in [2.05, 4.69) is 25.5 Å². The summed E-state index contributed by atoms with van der Waals surface area (Å²) in [6.45, 7) is 3.65. The molecule has 0 bridgehead atoms. The summed E-state index contributed by atoms with van der Waals surface area (Å²) in [5, 5.41) is 14.7. The number of ether oxygens (including phenoxy) is 1. The molecule has 23 heavy (non-hydrogen) atoms. The highest BCUT2D eigenvalue weighted by atomic mass is 16.5. The van der Waals surface area contributed by atoms with E-state index in [1.54, 1.807) is 6.92 Å². The Morgan fingerprint density at radius 3 is 2.65 bits per heavy atom. The van der Waals surface area contributed by atoms with Gasteiger partial charge in [-0.2, -0.15) is 4.80 Å². The minimum atomic E-state index is -0.377. The van der Waals surface area contributed by atoms with Crippen LogP contribution in [0.25, 0.3) is 11.4 Å². The van der Waals surface area contributed by atoms with Crippen LogP contribution in [0.1, 0.15) is 18.9 Å². The average molecular weight is 317 g/mol. The maximum absolute atomic E-state index is 11.9. The molecule has 0 radical (unpaired) electrons. The normalized spacial score (nSPS) is 11.8. The Bertz CT molecular complexity index is 681. The second kappa shape index (κ2) is 7.48. The third kappa shape index (κ3) is 4.87. The summed E-state index contributed by atoms with van der Waals surface area (Å²) in [5.74, 6) is -0.215. The van der Waals surface area contributed by atoms with Crippen molar-refractivity contribution in [3.63, 3.8) is 0 Å². The van der Waals surface area contributed by atoms with Crippen LogP contribution in [0.4, 0.5) is 0 Å². The summed E-state index contributed by atoms with van der Waals surface area (Å²) in [4.78, 5) is 24.2. The maximum Gasteiger partial charge on any atom is 0.307 e. The van der Waals surface area contributed by atoms with Crippen LogP contribution in [0.15, 0.2) is 24.3 Å². The number of nitrogens with one attached hydrogen (secondary N) is 1. The first-order valence-electron chi connectivity index (χ1n) is 7.19. The van der Waals surface area contributed by atoms with Gasteiger partial charge < -0.3 is 10.1 Å². The number of carbonyl (C=O) groups is 2. The van der Waals surface area contributed by atoms with Crippen molar-refractivity contribution in [2.24, 2.45) is 0 Å². The molecule has 0 aliphatic rings. The number of esters is 1. The highest BCUT2D eigenvalue weighted by molar-refractivity contribution is 5.77. The molecule has 1 aromatic heterocycles. The number of nitrogens with zero attached hydrogens (tertiary/aromatic N) is 4. The molecule has 8 nitrogen and oxygen atoms in total. The molecule has 1 atom stereocenters. The maximum atomic E-state index is 11.9. The van der Waals surface area contributed by atoms with E-state index >= 15 is 0 Å². The number of hydrogen-bond donors (Lipinski definition) is 1. The molecule has 2 rings (SSSR count). The van der Waals surface area contributed by atoms with E-state index in [4.69, 9.17) is 0 Å². The van der Waals surface area contributed by atoms with Gasteiger partial charge in [-0.05, 0) is 19.1 Å². The molecular weight excluding hydrogens is 298 g/mol. The molecule has 0 saturated carbocycles. The smallest absolute Gasteiger partial charge is 0.307 e. The first kappa shape index (κ1) is 16.6. The van der Waals surface area contributed by atoms with Crippen molar-refractivity contribution in [1.82, 2.24) is 25.5 Å². The zero-order chi connectivity index (χ0) is 16.8. The van der Waals surface area contributed by atoms with E-state index in [0.29, 0.717) is 5.82 Å². The summed E-state index contributed by atoms with van der Waals surface area (Å²) < 4.78 is 4.55. The first-order chi connectivity index (χ1) is 11.0. The summed E-state index contributed by atoms with van der Waals surface area (Å²) in [6.07, 6.45) is 0.113. The zero-order valence-electron chi connectivity index (χ0n) is 13.3. The number of carbonyl (C=O) groups excluding carboxylic acids is 2. The summed E-state index contributed by atoms with van der Waals surface area (Å²) in [6, 6.07) is 7.38. The summed E-state index contributed by atoms with van der Waals surface area (Å²) >= 11 is 0. The molecule has 1 aromatic carbocycles. The fourth-order valence-electron chi connectivity index (χ4n) is 1.96. The fraction of sp³-hybridized carbons (Fsp3) is 0.400. The van der Waals surface area contributed by atoms with Crippen LogP contribution in [0, 0.1) is 6.92 Å². The van der Waals surface area contributed by atoms with Crippen molar-refractivity contribution in [3.8, 4) is 11.4 Å². The van der Waals surface area contributed by atoms with E-state index in [-0.39, 0.29) is 30.9 Å². The first-order valence-corrected chi connectivity index (χ1v) is 7.19. The van der Waals surface area contributed by atoms with Crippen molar-refractivity contribution in [2.45, 2.75) is 32.9 Å². The predicted molar refractivity (Wildman–Crippen MR) is 82.2 cm³/mol. The topological polar surface area (TPSA) is 99.0 Å². The predicted octanol–water partition coefficient (Wildman–Crippen LogP) is 0.716. The van der Waals surface area contributed by atoms with Gasteiger partial charge >= 0.3 is 5.97 Å². The summed E-state index contributed by atoms with van der Waals surface area (Å²) in [7, 11) is 1.31. The van der Waals surface area contributed by atoms with Gasteiger partial charge in [0.15, 0.2) is 0 Å². The lowest BCUT2D eigenvalue weighted by atomic mass is 10.1.